The summed E-state index contributed by atoms with van der Waals surface area (Å²) in [6, 6.07) is 10.5. The number of halogens is 2. The normalized spacial score (nSPS) is 16.8. The summed E-state index contributed by atoms with van der Waals surface area (Å²) in [6.45, 7) is 0. The number of rotatable bonds is 3. The lowest BCUT2D eigenvalue weighted by molar-refractivity contribution is 0.645. The van der Waals surface area contributed by atoms with E-state index in [4.69, 9.17) is 17.3 Å². The first kappa shape index (κ1) is 12.7. The molecule has 3 rings (SSSR count). The quantitative estimate of drug-likeness (QED) is 0.811. The SMILES string of the molecule is NC(c1ccc(-c2ccc(Br)cc2Cl)s1)C1CC1. The van der Waals surface area contributed by atoms with Crippen molar-refractivity contribution in [3.05, 3.63) is 44.7 Å². The van der Waals surface area contributed by atoms with Gasteiger partial charge in [0.1, 0.15) is 0 Å². The highest BCUT2D eigenvalue weighted by atomic mass is 79.9. The standard InChI is InChI=1S/C14H13BrClNS/c15-9-3-4-10(11(16)7-9)12-5-6-13(18-12)14(17)8-1-2-8/h3-8,14H,1-2,17H2. The third-order valence-corrected chi connectivity index (χ3v) is 5.31. The Morgan fingerprint density at radius 3 is 2.72 bits per heavy atom. The Labute approximate surface area is 124 Å². The zero-order valence-electron chi connectivity index (χ0n) is 9.70. The number of thiophene rings is 1. The van der Waals surface area contributed by atoms with Crippen LogP contribution in [0.25, 0.3) is 10.4 Å². The summed E-state index contributed by atoms with van der Waals surface area (Å²) in [4.78, 5) is 2.46. The monoisotopic (exact) mass is 341 g/mol. The van der Waals surface area contributed by atoms with Gasteiger partial charge in [-0.3, -0.25) is 0 Å². The van der Waals surface area contributed by atoms with Crippen molar-refractivity contribution >= 4 is 38.9 Å². The molecule has 1 aromatic heterocycles. The highest BCUT2D eigenvalue weighted by molar-refractivity contribution is 9.10. The molecule has 0 amide bonds. The Hall–Kier alpha value is -0.350. The molecule has 94 valence electrons. The van der Waals surface area contributed by atoms with Crippen molar-refractivity contribution in [3.63, 3.8) is 0 Å². The maximum Gasteiger partial charge on any atom is 0.0503 e. The molecule has 1 heterocycles. The maximum absolute atomic E-state index is 6.27. The molecule has 0 spiro atoms. The second-order valence-corrected chi connectivity index (χ2v) is 7.13. The van der Waals surface area contributed by atoms with Crippen LogP contribution in [0.4, 0.5) is 0 Å². The zero-order valence-corrected chi connectivity index (χ0v) is 12.9. The number of nitrogens with two attached hydrogens (primary N) is 1. The van der Waals surface area contributed by atoms with Crippen molar-refractivity contribution in [2.45, 2.75) is 18.9 Å². The van der Waals surface area contributed by atoms with Gasteiger partial charge in [-0.1, -0.05) is 33.6 Å². The summed E-state index contributed by atoms with van der Waals surface area (Å²) < 4.78 is 1.00. The van der Waals surface area contributed by atoms with Crippen LogP contribution in [0.2, 0.25) is 5.02 Å². The van der Waals surface area contributed by atoms with Gasteiger partial charge >= 0.3 is 0 Å². The van der Waals surface area contributed by atoms with Crippen LogP contribution in [0, 0.1) is 5.92 Å². The summed E-state index contributed by atoms with van der Waals surface area (Å²) in [5.74, 6) is 0.692. The lowest BCUT2D eigenvalue weighted by Gasteiger charge is -2.06. The molecule has 2 N–H and O–H groups in total. The van der Waals surface area contributed by atoms with E-state index in [-0.39, 0.29) is 6.04 Å². The molecule has 2 aromatic rings. The van der Waals surface area contributed by atoms with E-state index in [0.29, 0.717) is 5.92 Å². The van der Waals surface area contributed by atoms with Crippen LogP contribution in [-0.2, 0) is 0 Å². The topological polar surface area (TPSA) is 26.0 Å². The third kappa shape index (κ3) is 2.50. The molecule has 1 aromatic carbocycles. The van der Waals surface area contributed by atoms with Gasteiger partial charge in [-0.2, -0.15) is 0 Å². The number of hydrogen-bond acceptors (Lipinski definition) is 2. The largest absolute Gasteiger partial charge is 0.323 e. The third-order valence-electron chi connectivity index (χ3n) is 3.28. The number of hydrogen-bond donors (Lipinski definition) is 1. The number of benzene rings is 1. The van der Waals surface area contributed by atoms with E-state index >= 15 is 0 Å². The molecule has 1 fully saturated rings. The van der Waals surface area contributed by atoms with Crippen molar-refractivity contribution in [3.8, 4) is 10.4 Å². The van der Waals surface area contributed by atoms with Gasteiger partial charge in [0.15, 0.2) is 0 Å². The molecule has 1 aliphatic carbocycles. The first-order valence-electron chi connectivity index (χ1n) is 5.96. The minimum Gasteiger partial charge on any atom is -0.323 e. The fourth-order valence-corrected chi connectivity index (χ4v) is 4.03. The van der Waals surface area contributed by atoms with Gasteiger partial charge in [0.05, 0.1) is 5.02 Å². The molecule has 0 radical (unpaired) electrons. The van der Waals surface area contributed by atoms with Crippen molar-refractivity contribution in [1.82, 2.24) is 0 Å². The smallest absolute Gasteiger partial charge is 0.0503 e. The predicted octanol–water partition coefficient (Wildman–Crippen LogP) is 5.24. The van der Waals surface area contributed by atoms with E-state index in [0.717, 1.165) is 15.1 Å². The highest BCUT2D eigenvalue weighted by Crippen LogP contribution is 2.43. The van der Waals surface area contributed by atoms with Crippen LogP contribution in [0.3, 0.4) is 0 Å². The molecule has 4 heteroatoms. The molecule has 0 saturated heterocycles. The van der Waals surface area contributed by atoms with Gasteiger partial charge in [0.25, 0.3) is 0 Å². The molecular formula is C14H13BrClNS. The second-order valence-electron chi connectivity index (χ2n) is 4.69. The van der Waals surface area contributed by atoms with E-state index in [1.54, 1.807) is 11.3 Å². The first-order chi connectivity index (χ1) is 8.65. The maximum atomic E-state index is 6.27. The second kappa shape index (κ2) is 4.97. The van der Waals surface area contributed by atoms with Crippen molar-refractivity contribution in [1.29, 1.82) is 0 Å². The average molecular weight is 343 g/mol. The van der Waals surface area contributed by atoms with E-state index in [1.807, 2.05) is 18.2 Å². The molecule has 1 saturated carbocycles. The van der Waals surface area contributed by atoms with Crippen molar-refractivity contribution in [2.75, 3.05) is 0 Å². The Bertz CT molecular complexity index is 577. The Morgan fingerprint density at radius 1 is 1.28 bits per heavy atom. The van der Waals surface area contributed by atoms with Gasteiger partial charge in [0, 0.05) is 25.8 Å². The Balaban J connectivity index is 1.92. The highest BCUT2D eigenvalue weighted by Gasteiger charge is 2.30. The van der Waals surface area contributed by atoms with Gasteiger partial charge in [0.2, 0.25) is 0 Å². The molecule has 1 unspecified atom stereocenters. The minimum absolute atomic E-state index is 0.206. The van der Waals surface area contributed by atoms with Gasteiger partial charge in [-0.25, -0.2) is 0 Å². The molecule has 1 nitrogen and oxygen atoms in total. The lowest BCUT2D eigenvalue weighted by atomic mass is 10.1. The van der Waals surface area contributed by atoms with E-state index in [9.17, 15) is 0 Å². The minimum atomic E-state index is 0.206. The fraction of sp³-hybridized carbons (Fsp3) is 0.286. The summed E-state index contributed by atoms with van der Waals surface area (Å²) in [7, 11) is 0. The van der Waals surface area contributed by atoms with Gasteiger partial charge in [-0.15, -0.1) is 11.3 Å². The average Bonchev–Trinajstić information content (AvgIpc) is 3.07. The van der Waals surface area contributed by atoms with Crippen molar-refractivity contribution in [2.24, 2.45) is 11.7 Å². The Kier molecular flexibility index (Phi) is 3.50. The van der Waals surface area contributed by atoms with Gasteiger partial charge in [-0.05, 0) is 43.0 Å². The molecule has 1 atom stereocenters. The summed E-state index contributed by atoms with van der Waals surface area (Å²) in [6.07, 6.45) is 2.54. The zero-order chi connectivity index (χ0) is 12.7. The summed E-state index contributed by atoms with van der Waals surface area (Å²) >= 11 is 11.5. The summed E-state index contributed by atoms with van der Waals surface area (Å²) in [5.41, 5.74) is 7.31. The first-order valence-corrected chi connectivity index (χ1v) is 7.94. The lowest BCUT2D eigenvalue weighted by Crippen LogP contribution is -2.10. The van der Waals surface area contributed by atoms with E-state index < -0.39 is 0 Å². The van der Waals surface area contributed by atoms with Crippen molar-refractivity contribution < 1.29 is 0 Å². The van der Waals surface area contributed by atoms with Crippen LogP contribution in [0.5, 0.6) is 0 Å². The Morgan fingerprint density at radius 2 is 2.06 bits per heavy atom. The van der Waals surface area contributed by atoms with Crippen LogP contribution in [0.15, 0.2) is 34.8 Å². The molecule has 0 bridgehead atoms. The van der Waals surface area contributed by atoms with Gasteiger partial charge < -0.3 is 5.73 Å². The molecule has 18 heavy (non-hydrogen) atoms. The fourth-order valence-electron chi connectivity index (χ4n) is 2.05. The van der Waals surface area contributed by atoms with E-state index in [1.165, 1.54) is 22.6 Å². The van der Waals surface area contributed by atoms with Crippen LogP contribution in [-0.4, -0.2) is 0 Å². The van der Waals surface area contributed by atoms with E-state index in [2.05, 4.69) is 28.1 Å². The van der Waals surface area contributed by atoms with Crippen LogP contribution < -0.4 is 5.73 Å². The predicted molar refractivity (Wildman–Crippen MR) is 82.1 cm³/mol. The molecular weight excluding hydrogens is 330 g/mol. The van der Waals surface area contributed by atoms with Crippen LogP contribution in [0.1, 0.15) is 23.8 Å². The van der Waals surface area contributed by atoms with Crippen LogP contribution >= 0.6 is 38.9 Å². The summed E-state index contributed by atoms with van der Waals surface area (Å²) in [5, 5.41) is 0.776. The molecule has 1 aliphatic rings. The molecule has 0 aliphatic heterocycles.